The van der Waals surface area contributed by atoms with Gasteiger partial charge in [-0.25, -0.2) is 0 Å². The summed E-state index contributed by atoms with van der Waals surface area (Å²) in [6, 6.07) is 5.78. The summed E-state index contributed by atoms with van der Waals surface area (Å²) >= 11 is 0. The quantitative estimate of drug-likeness (QED) is 0.204. The normalized spacial score (nSPS) is 31.8. The molecule has 2 bridgehead atoms. The summed E-state index contributed by atoms with van der Waals surface area (Å²) in [4.78, 5) is 51.7. The number of allylic oxidation sites excluding steroid dienone is 1. The molecule has 2 heterocycles. The Labute approximate surface area is 224 Å². The first kappa shape index (κ1) is 29.0. The van der Waals surface area contributed by atoms with Crippen molar-refractivity contribution in [3.05, 3.63) is 48.0 Å². The molecule has 0 spiro atoms. The Hall–Kier alpha value is -2.54. The van der Waals surface area contributed by atoms with E-state index < -0.39 is 60.2 Å². The highest BCUT2D eigenvalue weighted by Gasteiger charge is 2.32. The largest absolute Gasteiger partial charge is 0.456 e. The number of esters is 1. The molecule has 10 nitrogen and oxygen atoms in total. The fraction of sp³-hybridized carbons (Fsp3) is 0.520. The molecule has 6 atom stereocenters. The van der Waals surface area contributed by atoms with Crippen LogP contribution in [-0.4, -0.2) is 76.8 Å². The minimum atomic E-state index is -1.30. The van der Waals surface area contributed by atoms with Crippen LogP contribution < -0.4 is 21.3 Å². The highest BCUT2D eigenvalue weighted by molar-refractivity contribution is 8.76. The van der Waals surface area contributed by atoms with E-state index in [0.717, 1.165) is 11.3 Å². The van der Waals surface area contributed by atoms with Crippen molar-refractivity contribution in [2.24, 2.45) is 0 Å². The van der Waals surface area contributed by atoms with Crippen molar-refractivity contribution in [3.8, 4) is 0 Å². The fourth-order valence-electron chi connectivity index (χ4n) is 3.80. The maximum absolute atomic E-state index is 13.4. The number of hydrogen-bond donors (Lipinski definition) is 5. The smallest absolute Gasteiger partial charge is 0.323 e. The number of benzene rings is 1. The Kier molecular flexibility index (Phi) is 11.3. The molecule has 2 aliphatic rings. The number of hydrogen-bond acceptors (Lipinski definition) is 9. The number of fused-ring (bicyclic) bond motifs is 7. The third-order valence-corrected chi connectivity index (χ3v) is 8.32. The van der Waals surface area contributed by atoms with Crippen molar-refractivity contribution in [3.63, 3.8) is 0 Å². The van der Waals surface area contributed by atoms with Gasteiger partial charge in [-0.15, -0.1) is 0 Å². The number of carbonyl (C=O) groups is 4. The lowest BCUT2D eigenvalue weighted by atomic mass is 10.0. The van der Waals surface area contributed by atoms with Gasteiger partial charge in [0.1, 0.15) is 30.5 Å². The lowest BCUT2D eigenvalue weighted by molar-refractivity contribution is -0.151. The van der Waals surface area contributed by atoms with Gasteiger partial charge in [0.25, 0.3) is 0 Å². The van der Waals surface area contributed by atoms with Gasteiger partial charge in [-0.05, 0) is 38.3 Å². The van der Waals surface area contributed by atoms with Crippen LogP contribution in [0.4, 0.5) is 0 Å². The molecule has 2 aliphatic heterocycles. The van der Waals surface area contributed by atoms with E-state index in [-0.39, 0.29) is 18.6 Å². The molecule has 0 aromatic heterocycles. The van der Waals surface area contributed by atoms with E-state index in [1.165, 1.54) is 17.7 Å². The third kappa shape index (κ3) is 9.37. The number of aliphatic hydroxyl groups excluding tert-OH is 1. The second kappa shape index (κ2) is 14.4. The molecule has 0 radical (unpaired) electrons. The van der Waals surface area contributed by atoms with E-state index in [1.54, 1.807) is 23.8 Å². The molecule has 2 unspecified atom stereocenters. The zero-order valence-corrected chi connectivity index (χ0v) is 22.5. The predicted molar refractivity (Wildman–Crippen MR) is 143 cm³/mol. The van der Waals surface area contributed by atoms with Crippen molar-refractivity contribution in [1.29, 1.82) is 0 Å². The molecule has 1 saturated heterocycles. The minimum Gasteiger partial charge on any atom is -0.456 e. The molecule has 0 aliphatic carbocycles. The number of ether oxygens (including phenoxy) is 1. The molecule has 5 N–H and O–H groups in total. The molecule has 12 heteroatoms. The summed E-state index contributed by atoms with van der Waals surface area (Å²) in [7, 11) is 2.99. The molecular formula is C25H34N4O6S2. The summed E-state index contributed by atoms with van der Waals surface area (Å²) in [5.41, 5.74) is 0.872. The summed E-state index contributed by atoms with van der Waals surface area (Å²) in [6.45, 7) is 3.07. The van der Waals surface area contributed by atoms with Gasteiger partial charge in [0.05, 0.1) is 12.5 Å². The number of amides is 3. The first-order valence-corrected chi connectivity index (χ1v) is 14.7. The maximum atomic E-state index is 13.4. The second-order valence-electron chi connectivity index (χ2n) is 8.99. The van der Waals surface area contributed by atoms with E-state index >= 15 is 0 Å². The Morgan fingerprint density at radius 2 is 1.73 bits per heavy atom. The summed E-state index contributed by atoms with van der Waals surface area (Å²) in [5, 5.41) is 22.0. The first-order chi connectivity index (χ1) is 17.7. The highest BCUT2D eigenvalue weighted by atomic mass is 33.1. The number of nitrogens with one attached hydrogen (secondary N) is 4. The fourth-order valence-corrected chi connectivity index (χ4v) is 5.96. The van der Waals surface area contributed by atoms with Gasteiger partial charge in [-0.1, -0.05) is 58.0 Å². The Bertz CT molecular complexity index is 979. The van der Waals surface area contributed by atoms with Gasteiger partial charge in [0.15, 0.2) is 0 Å². The Morgan fingerprint density at radius 3 is 2.49 bits per heavy atom. The third-order valence-electron chi connectivity index (χ3n) is 5.88. The van der Waals surface area contributed by atoms with Crippen LogP contribution in [-0.2, 0) is 30.3 Å². The number of aliphatic hydroxyl groups is 1. The molecule has 3 rings (SSSR count). The maximum Gasteiger partial charge on any atom is 0.323 e. The molecule has 202 valence electrons. The van der Waals surface area contributed by atoms with Crippen LogP contribution in [0, 0.1) is 0 Å². The van der Waals surface area contributed by atoms with Crippen LogP contribution in [0.3, 0.4) is 0 Å². The van der Waals surface area contributed by atoms with Crippen molar-refractivity contribution >= 4 is 45.3 Å². The lowest BCUT2D eigenvalue weighted by Crippen LogP contribution is -2.60. The second-order valence-corrected chi connectivity index (χ2v) is 11.6. The van der Waals surface area contributed by atoms with Gasteiger partial charge >= 0.3 is 5.97 Å². The molecule has 1 fully saturated rings. The van der Waals surface area contributed by atoms with Gasteiger partial charge in [-0.2, -0.15) is 0 Å². The number of carbonyl (C=O) groups excluding carboxylic acids is 4. The molecule has 3 amide bonds. The van der Waals surface area contributed by atoms with Crippen LogP contribution in [0.1, 0.15) is 32.3 Å². The minimum absolute atomic E-state index is 0.169. The van der Waals surface area contributed by atoms with Gasteiger partial charge in [0, 0.05) is 11.5 Å². The van der Waals surface area contributed by atoms with Crippen LogP contribution >= 0.6 is 21.6 Å². The average molecular weight is 551 g/mol. The van der Waals surface area contributed by atoms with E-state index in [2.05, 4.69) is 21.3 Å². The van der Waals surface area contributed by atoms with Crippen molar-refractivity contribution in [1.82, 2.24) is 21.3 Å². The molecule has 1 aromatic carbocycles. The van der Waals surface area contributed by atoms with Gasteiger partial charge in [0.2, 0.25) is 17.7 Å². The zero-order valence-electron chi connectivity index (χ0n) is 20.8. The summed E-state index contributed by atoms with van der Waals surface area (Å²) in [6.07, 6.45) is 2.15. The van der Waals surface area contributed by atoms with Crippen LogP contribution in [0.25, 0.3) is 0 Å². The van der Waals surface area contributed by atoms with Crippen LogP contribution in [0.2, 0.25) is 0 Å². The SMILES string of the molecule is C[C@@H]1NC(O)C(Cc2ccccc2)NC(=O)[C@H]2CSSCC/C=C/[C@H](CC(=O)N[C@H](C)C(=O)N2)OC1=O. The molecular weight excluding hydrogens is 516 g/mol. The number of rotatable bonds is 2. The van der Waals surface area contributed by atoms with Gasteiger partial charge in [-0.3, -0.25) is 24.5 Å². The molecule has 1 aromatic rings. The monoisotopic (exact) mass is 550 g/mol. The van der Waals surface area contributed by atoms with Crippen LogP contribution in [0.15, 0.2) is 42.5 Å². The van der Waals surface area contributed by atoms with E-state index in [4.69, 9.17) is 4.74 Å². The van der Waals surface area contributed by atoms with E-state index in [1.807, 2.05) is 36.4 Å². The first-order valence-electron chi connectivity index (χ1n) is 12.2. The molecule has 0 saturated carbocycles. The van der Waals surface area contributed by atoms with Crippen molar-refractivity contribution in [2.45, 2.75) is 69.6 Å². The van der Waals surface area contributed by atoms with Gasteiger partial charge < -0.3 is 25.8 Å². The van der Waals surface area contributed by atoms with E-state index in [9.17, 15) is 24.3 Å². The Balaban J connectivity index is 1.95. The van der Waals surface area contributed by atoms with Crippen molar-refractivity contribution < 1.29 is 29.0 Å². The van der Waals surface area contributed by atoms with Crippen LogP contribution in [0.5, 0.6) is 0 Å². The summed E-state index contributed by atoms with van der Waals surface area (Å²) < 4.78 is 5.57. The Morgan fingerprint density at radius 1 is 0.973 bits per heavy atom. The highest BCUT2D eigenvalue weighted by Crippen LogP contribution is 2.23. The lowest BCUT2D eigenvalue weighted by Gasteiger charge is -2.30. The average Bonchev–Trinajstić information content (AvgIpc) is 2.86. The summed E-state index contributed by atoms with van der Waals surface area (Å²) in [5.74, 6) is -1.11. The predicted octanol–water partition coefficient (Wildman–Crippen LogP) is 0.657. The molecule has 37 heavy (non-hydrogen) atoms. The topological polar surface area (TPSA) is 146 Å². The van der Waals surface area contributed by atoms with Crippen molar-refractivity contribution in [2.75, 3.05) is 11.5 Å². The van der Waals surface area contributed by atoms with E-state index in [0.29, 0.717) is 6.42 Å². The standard InChI is InChI=1S/C25H34N4O6S2/c1-15-22(31)29-20-14-37-36-11-7-6-10-18(13-21(30)26-15)35-25(34)16(2)27-23(32)19(28-24(20)33)12-17-8-4-3-5-9-17/h3-6,8-10,15-16,18-20,23,27,32H,7,11-14H2,1-2H3,(H,26,30)(H,28,33)(H,29,31)/b10-6+/t15-,16+,18-,19?,20-,23?/m1/s1. The zero-order chi connectivity index (χ0) is 26.8.